The molecule has 0 atom stereocenters. The number of aryl methyl sites for hydroxylation is 2. The summed E-state index contributed by atoms with van der Waals surface area (Å²) in [6, 6.07) is 8.71. The lowest BCUT2D eigenvalue weighted by atomic mass is 10.2. The zero-order valence-corrected chi connectivity index (χ0v) is 12.0. The van der Waals surface area contributed by atoms with Gasteiger partial charge < -0.3 is 5.73 Å². The van der Waals surface area contributed by atoms with Crippen LogP contribution in [0.15, 0.2) is 42.7 Å². The molecule has 1 aromatic carbocycles. The minimum atomic E-state index is -3.38. The lowest BCUT2D eigenvalue weighted by Gasteiger charge is -2.11. The Morgan fingerprint density at radius 3 is 2.55 bits per heavy atom. The SMILES string of the molecule is Cc1cc(N)ccc1NS(=O)(=O)CCc1ccncc1. The average molecular weight is 291 g/mol. The molecule has 0 aliphatic carbocycles. The normalized spacial score (nSPS) is 11.2. The van der Waals surface area contributed by atoms with Gasteiger partial charge in [-0.1, -0.05) is 0 Å². The van der Waals surface area contributed by atoms with Crippen molar-refractivity contribution in [2.75, 3.05) is 16.2 Å². The third-order valence-corrected chi connectivity index (χ3v) is 4.20. The molecule has 6 heteroatoms. The van der Waals surface area contributed by atoms with Gasteiger partial charge in [0.05, 0.1) is 11.4 Å². The molecule has 20 heavy (non-hydrogen) atoms. The van der Waals surface area contributed by atoms with Gasteiger partial charge in [0.15, 0.2) is 0 Å². The summed E-state index contributed by atoms with van der Waals surface area (Å²) in [5.74, 6) is 0.0286. The lowest BCUT2D eigenvalue weighted by molar-refractivity contribution is 0.600. The van der Waals surface area contributed by atoms with E-state index in [1.807, 2.05) is 19.1 Å². The van der Waals surface area contributed by atoms with Crippen molar-refractivity contribution in [1.29, 1.82) is 0 Å². The molecule has 0 bridgehead atoms. The minimum absolute atomic E-state index is 0.0286. The Morgan fingerprint density at radius 2 is 1.90 bits per heavy atom. The molecule has 5 nitrogen and oxygen atoms in total. The number of nitrogens with two attached hydrogens (primary N) is 1. The number of anilines is 2. The molecular formula is C14H17N3O2S. The largest absolute Gasteiger partial charge is 0.399 e. The van der Waals surface area contributed by atoms with Gasteiger partial charge in [0.2, 0.25) is 10.0 Å². The Morgan fingerprint density at radius 1 is 1.20 bits per heavy atom. The molecule has 1 aromatic heterocycles. The molecule has 0 aliphatic heterocycles. The second-order valence-corrected chi connectivity index (χ2v) is 6.44. The van der Waals surface area contributed by atoms with Gasteiger partial charge >= 0.3 is 0 Å². The van der Waals surface area contributed by atoms with Crippen LogP contribution in [0.4, 0.5) is 11.4 Å². The van der Waals surface area contributed by atoms with E-state index in [1.165, 1.54) is 0 Å². The number of hydrogen-bond acceptors (Lipinski definition) is 4. The van der Waals surface area contributed by atoms with E-state index in [1.54, 1.807) is 30.6 Å². The molecule has 0 fully saturated rings. The molecule has 0 saturated carbocycles. The van der Waals surface area contributed by atoms with E-state index in [4.69, 9.17) is 5.73 Å². The molecule has 0 spiro atoms. The summed E-state index contributed by atoms with van der Waals surface area (Å²) < 4.78 is 26.7. The van der Waals surface area contributed by atoms with E-state index in [-0.39, 0.29) is 5.75 Å². The van der Waals surface area contributed by atoms with Crippen molar-refractivity contribution in [3.05, 3.63) is 53.9 Å². The number of benzene rings is 1. The number of aromatic nitrogens is 1. The first-order valence-electron chi connectivity index (χ1n) is 6.22. The highest BCUT2D eigenvalue weighted by molar-refractivity contribution is 7.92. The van der Waals surface area contributed by atoms with Crippen LogP contribution >= 0.6 is 0 Å². The van der Waals surface area contributed by atoms with Crippen molar-refractivity contribution in [2.24, 2.45) is 0 Å². The van der Waals surface area contributed by atoms with Gasteiger partial charge in [-0.25, -0.2) is 8.42 Å². The van der Waals surface area contributed by atoms with Crippen molar-refractivity contribution in [3.8, 4) is 0 Å². The maximum Gasteiger partial charge on any atom is 0.233 e. The zero-order chi connectivity index (χ0) is 14.6. The van der Waals surface area contributed by atoms with E-state index in [9.17, 15) is 8.42 Å². The quantitative estimate of drug-likeness (QED) is 0.825. The molecule has 2 aromatic rings. The molecule has 0 aliphatic rings. The summed E-state index contributed by atoms with van der Waals surface area (Å²) in [6.45, 7) is 1.82. The number of pyridine rings is 1. The van der Waals surface area contributed by atoms with Crippen molar-refractivity contribution in [3.63, 3.8) is 0 Å². The summed E-state index contributed by atoms with van der Waals surface area (Å²) >= 11 is 0. The fourth-order valence-corrected chi connectivity index (χ4v) is 2.99. The second kappa shape index (κ2) is 5.92. The highest BCUT2D eigenvalue weighted by atomic mass is 32.2. The Balaban J connectivity index is 2.04. The van der Waals surface area contributed by atoms with Crippen LogP contribution in [-0.4, -0.2) is 19.2 Å². The fraction of sp³-hybridized carbons (Fsp3) is 0.214. The van der Waals surface area contributed by atoms with Gasteiger partial charge in [0.1, 0.15) is 0 Å². The summed E-state index contributed by atoms with van der Waals surface area (Å²) in [7, 11) is -3.38. The highest BCUT2D eigenvalue weighted by Gasteiger charge is 2.12. The maximum atomic E-state index is 12.1. The van der Waals surface area contributed by atoms with Crippen LogP contribution in [0.1, 0.15) is 11.1 Å². The Labute approximate surface area is 118 Å². The number of nitrogens with zero attached hydrogens (tertiary/aromatic N) is 1. The van der Waals surface area contributed by atoms with Crippen LogP contribution in [0.25, 0.3) is 0 Å². The topological polar surface area (TPSA) is 85.1 Å². The molecule has 2 rings (SSSR count). The standard InChI is InChI=1S/C14H17N3O2S/c1-11-10-13(15)2-3-14(11)17-20(18,19)9-6-12-4-7-16-8-5-12/h2-5,7-8,10,17H,6,9,15H2,1H3. The van der Waals surface area contributed by atoms with Crippen LogP contribution < -0.4 is 10.5 Å². The fourth-order valence-electron chi connectivity index (χ4n) is 1.82. The van der Waals surface area contributed by atoms with Gasteiger partial charge in [-0.15, -0.1) is 0 Å². The van der Waals surface area contributed by atoms with Crippen LogP contribution in [0.2, 0.25) is 0 Å². The van der Waals surface area contributed by atoms with Gasteiger partial charge in [0.25, 0.3) is 0 Å². The van der Waals surface area contributed by atoms with E-state index in [0.29, 0.717) is 17.8 Å². The first-order chi connectivity index (χ1) is 9.46. The van der Waals surface area contributed by atoms with Crippen LogP contribution in [-0.2, 0) is 16.4 Å². The summed E-state index contributed by atoms with van der Waals surface area (Å²) in [6.07, 6.45) is 3.75. The minimum Gasteiger partial charge on any atom is -0.399 e. The molecule has 0 saturated heterocycles. The second-order valence-electron chi connectivity index (χ2n) is 4.60. The lowest BCUT2D eigenvalue weighted by Crippen LogP contribution is -2.18. The number of nitrogens with one attached hydrogen (secondary N) is 1. The molecule has 0 amide bonds. The van der Waals surface area contributed by atoms with Crippen molar-refractivity contribution in [2.45, 2.75) is 13.3 Å². The predicted molar refractivity (Wildman–Crippen MR) is 80.9 cm³/mol. The summed E-state index contributed by atoms with van der Waals surface area (Å²) in [5, 5.41) is 0. The van der Waals surface area contributed by atoms with Crippen molar-refractivity contribution >= 4 is 21.4 Å². The maximum absolute atomic E-state index is 12.1. The van der Waals surface area contributed by atoms with E-state index < -0.39 is 10.0 Å². The van der Waals surface area contributed by atoms with Gasteiger partial charge in [-0.05, 0) is 54.8 Å². The highest BCUT2D eigenvalue weighted by Crippen LogP contribution is 2.19. The first kappa shape index (κ1) is 14.3. The van der Waals surface area contributed by atoms with Crippen LogP contribution in [0, 0.1) is 6.92 Å². The third kappa shape index (κ3) is 3.96. The van der Waals surface area contributed by atoms with Gasteiger partial charge in [-0.3, -0.25) is 9.71 Å². The Kier molecular flexibility index (Phi) is 4.24. The number of sulfonamides is 1. The number of hydrogen-bond donors (Lipinski definition) is 2. The molecule has 106 valence electrons. The van der Waals surface area contributed by atoms with Crippen molar-refractivity contribution < 1.29 is 8.42 Å². The molecule has 0 radical (unpaired) electrons. The monoisotopic (exact) mass is 291 g/mol. The van der Waals surface area contributed by atoms with E-state index >= 15 is 0 Å². The third-order valence-electron chi connectivity index (χ3n) is 2.92. The van der Waals surface area contributed by atoms with Crippen LogP contribution in [0.5, 0.6) is 0 Å². The smallest absolute Gasteiger partial charge is 0.233 e. The number of nitrogen functional groups attached to an aromatic ring is 1. The number of rotatable bonds is 5. The van der Waals surface area contributed by atoms with Crippen molar-refractivity contribution in [1.82, 2.24) is 4.98 Å². The Bertz CT molecular complexity index is 685. The van der Waals surface area contributed by atoms with Gasteiger partial charge in [-0.2, -0.15) is 0 Å². The van der Waals surface area contributed by atoms with E-state index in [2.05, 4.69) is 9.71 Å². The molecule has 1 heterocycles. The van der Waals surface area contributed by atoms with Gasteiger partial charge in [0, 0.05) is 18.1 Å². The summed E-state index contributed by atoms with van der Waals surface area (Å²) in [5.41, 5.74) is 8.57. The van der Waals surface area contributed by atoms with E-state index in [0.717, 1.165) is 11.1 Å². The Hall–Kier alpha value is -2.08. The average Bonchev–Trinajstić information content (AvgIpc) is 2.41. The molecule has 0 unspecified atom stereocenters. The zero-order valence-electron chi connectivity index (χ0n) is 11.2. The van der Waals surface area contributed by atoms with Crippen LogP contribution in [0.3, 0.4) is 0 Å². The summed E-state index contributed by atoms with van der Waals surface area (Å²) in [4.78, 5) is 3.90. The molecule has 3 N–H and O–H groups in total. The molecular weight excluding hydrogens is 274 g/mol. The first-order valence-corrected chi connectivity index (χ1v) is 7.87. The predicted octanol–water partition coefficient (Wildman–Crippen LogP) is 1.96.